The van der Waals surface area contributed by atoms with Gasteiger partial charge in [-0.25, -0.2) is 9.78 Å². The Kier molecular flexibility index (Phi) is 3.57. The first-order valence-corrected chi connectivity index (χ1v) is 7.76. The first kappa shape index (κ1) is 13.3. The summed E-state index contributed by atoms with van der Waals surface area (Å²) in [5.74, 6) is 0.279. The van der Waals surface area contributed by atoms with Crippen LogP contribution in [0.1, 0.15) is 46.8 Å². The molecule has 1 aromatic heterocycles. The Bertz CT molecular complexity index is 621. The van der Waals surface area contributed by atoms with Crippen LogP contribution in [0.25, 0.3) is 11.3 Å². The van der Waals surface area contributed by atoms with Gasteiger partial charge in [0.25, 0.3) is 0 Å². The molecule has 0 saturated heterocycles. The molecule has 3 rings (SSSR count). The van der Waals surface area contributed by atoms with Crippen LogP contribution < -0.4 is 0 Å². The summed E-state index contributed by atoms with van der Waals surface area (Å²) in [7, 11) is 0. The molecule has 0 radical (unpaired) electrons. The first-order chi connectivity index (χ1) is 9.65. The van der Waals surface area contributed by atoms with Crippen LogP contribution in [0, 0.1) is 5.92 Å². The van der Waals surface area contributed by atoms with Crippen molar-refractivity contribution in [3.05, 3.63) is 40.2 Å². The number of hydrogen-bond donors (Lipinski definition) is 1. The number of benzene rings is 1. The highest BCUT2D eigenvalue weighted by Crippen LogP contribution is 2.41. The van der Waals surface area contributed by atoms with Crippen molar-refractivity contribution in [2.45, 2.75) is 32.1 Å². The highest BCUT2D eigenvalue weighted by atomic mass is 32.1. The number of carboxylic acids is 1. The van der Waals surface area contributed by atoms with E-state index in [4.69, 9.17) is 0 Å². The molecule has 1 fully saturated rings. The molecular formula is C16H17NO2S. The minimum atomic E-state index is -0.876. The van der Waals surface area contributed by atoms with Crippen LogP contribution in [-0.4, -0.2) is 16.1 Å². The Hall–Kier alpha value is -1.68. The van der Waals surface area contributed by atoms with E-state index in [1.165, 1.54) is 17.8 Å². The summed E-state index contributed by atoms with van der Waals surface area (Å²) in [6.07, 6.45) is 3.47. The number of nitrogens with zero attached hydrogens (tertiary/aromatic N) is 1. The Morgan fingerprint density at radius 3 is 2.65 bits per heavy atom. The van der Waals surface area contributed by atoms with E-state index < -0.39 is 5.97 Å². The Balaban J connectivity index is 2.01. The third-order valence-electron chi connectivity index (χ3n) is 3.93. The lowest BCUT2D eigenvalue weighted by atomic mass is 10.1. The van der Waals surface area contributed by atoms with Crippen LogP contribution in [0.2, 0.25) is 0 Å². The summed E-state index contributed by atoms with van der Waals surface area (Å²) in [5.41, 5.74) is 1.51. The number of thiazole rings is 1. The smallest absolute Gasteiger partial charge is 0.348 e. The van der Waals surface area contributed by atoms with Crippen molar-refractivity contribution in [1.29, 1.82) is 0 Å². The summed E-state index contributed by atoms with van der Waals surface area (Å²) in [6, 6.07) is 9.59. The highest BCUT2D eigenvalue weighted by molar-refractivity contribution is 7.14. The second-order valence-corrected chi connectivity index (χ2v) is 6.55. The van der Waals surface area contributed by atoms with Crippen molar-refractivity contribution in [3.63, 3.8) is 0 Å². The maximum absolute atomic E-state index is 11.5. The van der Waals surface area contributed by atoms with Gasteiger partial charge in [-0.15, -0.1) is 11.3 Å². The molecule has 3 nitrogen and oxygen atoms in total. The number of aromatic nitrogens is 1. The van der Waals surface area contributed by atoms with Crippen molar-refractivity contribution < 1.29 is 9.90 Å². The molecular weight excluding hydrogens is 270 g/mol. The predicted octanol–water partition coefficient (Wildman–Crippen LogP) is 4.41. The standard InChI is InChI=1S/C16H17NO2S/c1-10-7-8-12(9-10)15-17-13(14(20-15)16(18)19)11-5-3-2-4-6-11/h2-6,10,12H,7-9H2,1H3,(H,18,19). The molecule has 4 heteroatoms. The second kappa shape index (κ2) is 5.37. The number of carbonyl (C=O) groups is 1. The molecule has 1 aromatic carbocycles. The number of rotatable bonds is 3. The molecule has 2 unspecified atom stereocenters. The normalized spacial score (nSPS) is 22.1. The van der Waals surface area contributed by atoms with Crippen molar-refractivity contribution >= 4 is 17.3 Å². The fraction of sp³-hybridized carbons (Fsp3) is 0.375. The van der Waals surface area contributed by atoms with Gasteiger partial charge in [0.2, 0.25) is 0 Å². The largest absolute Gasteiger partial charge is 0.477 e. The SMILES string of the molecule is CC1CCC(c2nc(-c3ccccc3)c(C(=O)O)s2)C1. The van der Waals surface area contributed by atoms with Crippen LogP contribution in [0.15, 0.2) is 30.3 Å². The van der Waals surface area contributed by atoms with Crippen molar-refractivity contribution in [1.82, 2.24) is 4.98 Å². The van der Waals surface area contributed by atoms with Gasteiger partial charge in [0.15, 0.2) is 0 Å². The van der Waals surface area contributed by atoms with E-state index in [9.17, 15) is 9.90 Å². The van der Waals surface area contributed by atoms with Crippen LogP contribution in [-0.2, 0) is 0 Å². The van der Waals surface area contributed by atoms with Gasteiger partial charge >= 0.3 is 5.97 Å². The molecule has 0 bridgehead atoms. The molecule has 104 valence electrons. The zero-order chi connectivity index (χ0) is 14.1. The minimum Gasteiger partial charge on any atom is -0.477 e. The zero-order valence-electron chi connectivity index (χ0n) is 11.4. The monoisotopic (exact) mass is 287 g/mol. The minimum absolute atomic E-state index is 0.366. The van der Waals surface area contributed by atoms with Gasteiger partial charge in [-0.3, -0.25) is 0 Å². The topological polar surface area (TPSA) is 50.2 Å². The lowest BCUT2D eigenvalue weighted by Crippen LogP contribution is -1.95. The van der Waals surface area contributed by atoms with E-state index in [-0.39, 0.29) is 0 Å². The quantitative estimate of drug-likeness (QED) is 0.909. The van der Waals surface area contributed by atoms with Crippen LogP contribution in [0.5, 0.6) is 0 Å². The zero-order valence-corrected chi connectivity index (χ0v) is 12.2. The average Bonchev–Trinajstić information content (AvgIpc) is 3.05. The van der Waals surface area contributed by atoms with Gasteiger partial charge in [-0.05, 0) is 18.8 Å². The molecule has 1 saturated carbocycles. The third-order valence-corrected chi connectivity index (χ3v) is 5.14. The first-order valence-electron chi connectivity index (χ1n) is 6.94. The van der Waals surface area contributed by atoms with Gasteiger partial charge in [0, 0.05) is 11.5 Å². The van der Waals surface area contributed by atoms with Crippen molar-refractivity contribution in [2.24, 2.45) is 5.92 Å². The Morgan fingerprint density at radius 1 is 1.30 bits per heavy atom. The summed E-state index contributed by atoms with van der Waals surface area (Å²) in [4.78, 5) is 16.5. The molecule has 20 heavy (non-hydrogen) atoms. The maximum atomic E-state index is 11.5. The number of carboxylic acid groups (broad SMARTS) is 1. The number of aromatic carboxylic acids is 1. The summed E-state index contributed by atoms with van der Waals surface area (Å²) in [6.45, 7) is 2.25. The molecule has 2 atom stereocenters. The van der Waals surface area contributed by atoms with Gasteiger partial charge < -0.3 is 5.11 Å². The van der Waals surface area contributed by atoms with Crippen LogP contribution in [0.3, 0.4) is 0 Å². The van der Waals surface area contributed by atoms with Gasteiger partial charge in [-0.2, -0.15) is 0 Å². The Labute approximate surface area is 122 Å². The predicted molar refractivity (Wildman–Crippen MR) is 80.3 cm³/mol. The molecule has 1 aliphatic rings. The molecule has 0 spiro atoms. The third kappa shape index (κ3) is 2.48. The second-order valence-electron chi connectivity index (χ2n) is 5.52. The van der Waals surface area contributed by atoms with E-state index in [1.807, 2.05) is 30.3 Å². The molecule has 1 aliphatic carbocycles. The van der Waals surface area contributed by atoms with Gasteiger partial charge in [0.05, 0.1) is 10.7 Å². The fourth-order valence-corrected chi connectivity index (χ4v) is 3.95. The van der Waals surface area contributed by atoms with Crippen molar-refractivity contribution in [3.8, 4) is 11.3 Å². The fourth-order valence-electron chi connectivity index (χ4n) is 2.88. The lowest BCUT2D eigenvalue weighted by Gasteiger charge is -2.04. The van der Waals surface area contributed by atoms with Crippen LogP contribution in [0.4, 0.5) is 0 Å². The van der Waals surface area contributed by atoms with Gasteiger partial charge in [-0.1, -0.05) is 43.7 Å². The molecule has 1 N–H and O–H groups in total. The van der Waals surface area contributed by atoms with E-state index in [0.717, 1.165) is 29.3 Å². The summed E-state index contributed by atoms with van der Waals surface area (Å²) in [5, 5.41) is 10.4. The molecule has 2 aromatic rings. The highest BCUT2D eigenvalue weighted by Gasteiger charge is 2.28. The summed E-state index contributed by atoms with van der Waals surface area (Å²) >= 11 is 1.35. The summed E-state index contributed by atoms with van der Waals surface area (Å²) < 4.78 is 0. The van der Waals surface area contributed by atoms with E-state index in [0.29, 0.717) is 16.5 Å². The Morgan fingerprint density at radius 2 is 2.05 bits per heavy atom. The number of hydrogen-bond acceptors (Lipinski definition) is 3. The van der Waals surface area contributed by atoms with E-state index in [2.05, 4.69) is 11.9 Å². The maximum Gasteiger partial charge on any atom is 0.348 e. The molecule has 0 aliphatic heterocycles. The van der Waals surface area contributed by atoms with E-state index >= 15 is 0 Å². The van der Waals surface area contributed by atoms with E-state index in [1.54, 1.807) is 0 Å². The van der Waals surface area contributed by atoms with Crippen LogP contribution >= 0.6 is 11.3 Å². The molecule has 0 amide bonds. The van der Waals surface area contributed by atoms with Gasteiger partial charge in [0.1, 0.15) is 4.88 Å². The van der Waals surface area contributed by atoms with Crippen molar-refractivity contribution in [2.75, 3.05) is 0 Å². The lowest BCUT2D eigenvalue weighted by molar-refractivity contribution is 0.0702. The average molecular weight is 287 g/mol. The molecule has 1 heterocycles.